The van der Waals surface area contributed by atoms with Gasteiger partial charge < -0.3 is 14.8 Å². The van der Waals surface area contributed by atoms with Gasteiger partial charge in [0, 0.05) is 10.7 Å². The highest BCUT2D eigenvalue weighted by atomic mass is 35.5. The van der Waals surface area contributed by atoms with Gasteiger partial charge in [-0.05, 0) is 72.4 Å². The monoisotopic (exact) mass is 507 g/mol. The number of rotatable bonds is 6. The van der Waals surface area contributed by atoms with E-state index in [1.807, 2.05) is 6.07 Å². The van der Waals surface area contributed by atoms with Crippen LogP contribution in [0.3, 0.4) is 0 Å². The van der Waals surface area contributed by atoms with E-state index in [-0.39, 0.29) is 16.3 Å². The molecule has 0 fully saturated rings. The molecule has 3 rings (SSSR count). The van der Waals surface area contributed by atoms with Gasteiger partial charge in [0.2, 0.25) is 0 Å². The largest absolute Gasteiger partial charge is 0.493 e. The molecule has 0 aliphatic heterocycles. The van der Waals surface area contributed by atoms with Crippen molar-refractivity contribution in [3.8, 4) is 11.5 Å². The van der Waals surface area contributed by atoms with Gasteiger partial charge in [-0.25, -0.2) is 4.79 Å². The lowest BCUT2D eigenvalue weighted by Crippen LogP contribution is -2.23. The third-order valence-electron chi connectivity index (χ3n) is 4.01. The standard InChI is InChI=1S/C22H16Cl3N3O3S/c1-30-20-9-13(12-26-28-22(32)27-16-4-2-3-15(23)11-16)5-8-19(20)31-21(29)14-6-7-17(24)18(25)10-14/h2-12H,1H3,(H2,27,28,32). The number of halogens is 3. The van der Waals surface area contributed by atoms with Crippen LogP contribution in [0.25, 0.3) is 0 Å². The maximum atomic E-state index is 12.4. The van der Waals surface area contributed by atoms with E-state index in [4.69, 9.17) is 56.5 Å². The van der Waals surface area contributed by atoms with Crippen LogP contribution in [0.15, 0.2) is 65.8 Å². The Hall–Kier alpha value is -2.84. The Morgan fingerprint density at radius 1 is 1.00 bits per heavy atom. The fourth-order valence-corrected chi connectivity index (χ4v) is 3.18. The molecule has 0 saturated carbocycles. The second-order valence-electron chi connectivity index (χ2n) is 6.26. The first-order chi connectivity index (χ1) is 15.4. The molecule has 0 saturated heterocycles. The second-order valence-corrected chi connectivity index (χ2v) is 7.92. The molecule has 6 nitrogen and oxygen atoms in total. The minimum absolute atomic E-state index is 0.242. The van der Waals surface area contributed by atoms with E-state index in [1.165, 1.54) is 25.3 Å². The molecular formula is C22H16Cl3N3O3S. The number of carbonyl (C=O) groups is 1. The van der Waals surface area contributed by atoms with Crippen molar-refractivity contribution in [3.05, 3.63) is 86.9 Å². The topological polar surface area (TPSA) is 71.9 Å². The molecule has 0 heterocycles. The number of hydrogen-bond donors (Lipinski definition) is 2. The number of nitrogens with one attached hydrogen (secondary N) is 2. The van der Waals surface area contributed by atoms with Crippen LogP contribution in [0, 0.1) is 0 Å². The number of ether oxygens (including phenoxy) is 2. The van der Waals surface area contributed by atoms with Crippen LogP contribution in [-0.4, -0.2) is 24.4 Å². The summed E-state index contributed by atoms with van der Waals surface area (Å²) in [5, 5.41) is 8.55. The van der Waals surface area contributed by atoms with Gasteiger partial charge in [-0.2, -0.15) is 5.10 Å². The van der Waals surface area contributed by atoms with Crippen molar-refractivity contribution >= 4 is 70.0 Å². The van der Waals surface area contributed by atoms with Crippen LogP contribution in [0.1, 0.15) is 15.9 Å². The number of nitrogens with zero attached hydrogens (tertiary/aromatic N) is 1. The molecule has 0 aliphatic carbocycles. The zero-order chi connectivity index (χ0) is 23.1. The third-order valence-corrected chi connectivity index (χ3v) is 5.18. The molecule has 3 aromatic carbocycles. The van der Waals surface area contributed by atoms with Gasteiger partial charge in [0.25, 0.3) is 0 Å². The summed E-state index contributed by atoms with van der Waals surface area (Å²) in [5.74, 6) is -0.00352. The maximum absolute atomic E-state index is 12.4. The van der Waals surface area contributed by atoms with Gasteiger partial charge >= 0.3 is 5.97 Å². The van der Waals surface area contributed by atoms with Crippen molar-refractivity contribution in [2.75, 3.05) is 12.4 Å². The van der Waals surface area contributed by atoms with Crippen LogP contribution >= 0.6 is 47.0 Å². The zero-order valence-electron chi connectivity index (χ0n) is 16.6. The van der Waals surface area contributed by atoms with Crippen molar-refractivity contribution in [2.24, 2.45) is 5.10 Å². The summed E-state index contributed by atoms with van der Waals surface area (Å²) in [5.41, 5.74) is 4.40. The first-order valence-electron chi connectivity index (χ1n) is 9.06. The molecule has 3 aromatic rings. The van der Waals surface area contributed by atoms with Crippen LogP contribution in [0.4, 0.5) is 5.69 Å². The van der Waals surface area contributed by atoms with Gasteiger partial charge in [0.1, 0.15) is 0 Å². The number of benzene rings is 3. The molecule has 0 amide bonds. The number of carbonyl (C=O) groups excluding carboxylic acids is 1. The first kappa shape index (κ1) is 23.8. The molecule has 32 heavy (non-hydrogen) atoms. The average Bonchev–Trinajstić information content (AvgIpc) is 2.76. The van der Waals surface area contributed by atoms with Crippen LogP contribution < -0.4 is 20.2 Å². The fourth-order valence-electron chi connectivity index (χ4n) is 2.52. The number of hydrazone groups is 1. The van der Waals surface area contributed by atoms with E-state index in [2.05, 4.69) is 15.8 Å². The van der Waals surface area contributed by atoms with Gasteiger partial charge in [0.15, 0.2) is 16.6 Å². The minimum atomic E-state index is -0.595. The van der Waals surface area contributed by atoms with Crippen molar-refractivity contribution in [2.45, 2.75) is 0 Å². The molecule has 0 unspecified atom stereocenters. The van der Waals surface area contributed by atoms with Crippen molar-refractivity contribution in [1.29, 1.82) is 0 Å². The third kappa shape index (κ3) is 6.58. The lowest BCUT2D eigenvalue weighted by molar-refractivity contribution is 0.0729. The Morgan fingerprint density at radius 2 is 1.81 bits per heavy atom. The predicted octanol–water partition coefficient (Wildman–Crippen LogP) is 6.20. The predicted molar refractivity (Wildman–Crippen MR) is 133 cm³/mol. The minimum Gasteiger partial charge on any atom is -0.493 e. The van der Waals surface area contributed by atoms with Gasteiger partial charge in [-0.1, -0.05) is 40.9 Å². The molecule has 2 N–H and O–H groups in total. The number of hydrogen-bond acceptors (Lipinski definition) is 5. The number of anilines is 1. The Kier molecular flexibility index (Phi) is 8.30. The molecule has 164 valence electrons. The number of thiocarbonyl (C=S) groups is 1. The van der Waals surface area contributed by atoms with E-state index in [1.54, 1.807) is 42.6 Å². The molecule has 0 aliphatic rings. The molecule has 0 aromatic heterocycles. The van der Waals surface area contributed by atoms with Gasteiger partial charge in [-0.15, -0.1) is 0 Å². The van der Waals surface area contributed by atoms with Crippen molar-refractivity contribution in [3.63, 3.8) is 0 Å². The van der Waals surface area contributed by atoms with Gasteiger partial charge in [-0.3, -0.25) is 5.43 Å². The van der Waals surface area contributed by atoms with E-state index in [9.17, 15) is 4.79 Å². The summed E-state index contributed by atoms with van der Waals surface area (Å²) in [4.78, 5) is 12.4. The zero-order valence-corrected chi connectivity index (χ0v) is 19.6. The van der Waals surface area contributed by atoms with E-state index < -0.39 is 5.97 Å². The molecule has 0 radical (unpaired) electrons. The van der Waals surface area contributed by atoms with Crippen LogP contribution in [0.2, 0.25) is 15.1 Å². The Labute approximate surface area is 205 Å². The summed E-state index contributed by atoms with van der Waals surface area (Å²) in [6.45, 7) is 0. The average molecular weight is 509 g/mol. The van der Waals surface area contributed by atoms with E-state index in [0.29, 0.717) is 26.5 Å². The Bertz CT molecular complexity index is 1190. The van der Waals surface area contributed by atoms with E-state index in [0.717, 1.165) is 5.69 Å². The highest BCUT2D eigenvalue weighted by Gasteiger charge is 2.14. The van der Waals surface area contributed by atoms with E-state index >= 15 is 0 Å². The summed E-state index contributed by atoms with van der Waals surface area (Å²) in [6.07, 6.45) is 1.54. The fraction of sp³-hybridized carbons (Fsp3) is 0.0455. The summed E-state index contributed by atoms with van der Waals surface area (Å²) < 4.78 is 10.7. The Balaban J connectivity index is 1.63. The smallest absolute Gasteiger partial charge is 0.343 e. The number of esters is 1. The first-order valence-corrected chi connectivity index (χ1v) is 10.6. The summed E-state index contributed by atoms with van der Waals surface area (Å²) in [7, 11) is 1.47. The van der Waals surface area contributed by atoms with Crippen LogP contribution in [0.5, 0.6) is 11.5 Å². The van der Waals surface area contributed by atoms with Crippen molar-refractivity contribution in [1.82, 2.24) is 5.43 Å². The molecule has 10 heteroatoms. The summed E-state index contributed by atoms with van der Waals surface area (Å²) in [6, 6.07) is 16.6. The highest BCUT2D eigenvalue weighted by Crippen LogP contribution is 2.29. The lowest BCUT2D eigenvalue weighted by Gasteiger charge is -2.10. The molecular weight excluding hydrogens is 493 g/mol. The van der Waals surface area contributed by atoms with Crippen LogP contribution in [-0.2, 0) is 0 Å². The van der Waals surface area contributed by atoms with Crippen molar-refractivity contribution < 1.29 is 14.3 Å². The number of methoxy groups -OCH3 is 1. The quantitative estimate of drug-likeness (QED) is 0.136. The maximum Gasteiger partial charge on any atom is 0.343 e. The Morgan fingerprint density at radius 3 is 2.53 bits per heavy atom. The highest BCUT2D eigenvalue weighted by molar-refractivity contribution is 7.80. The molecule has 0 spiro atoms. The molecule has 0 atom stereocenters. The van der Waals surface area contributed by atoms with Gasteiger partial charge in [0.05, 0.1) is 28.9 Å². The SMILES string of the molecule is COc1cc(C=NNC(=S)Nc2cccc(Cl)c2)ccc1OC(=O)c1ccc(Cl)c(Cl)c1. The summed E-state index contributed by atoms with van der Waals surface area (Å²) >= 11 is 23.0. The molecule has 0 bridgehead atoms. The normalized spacial score (nSPS) is 10.6. The second kappa shape index (κ2) is 11.2. The lowest BCUT2D eigenvalue weighted by atomic mass is 10.2.